The van der Waals surface area contributed by atoms with Crippen LogP contribution in [0.4, 0.5) is 0 Å². The van der Waals surface area contributed by atoms with Crippen molar-refractivity contribution in [2.75, 3.05) is 26.3 Å². The lowest BCUT2D eigenvalue weighted by atomic mass is 9.82. The molecule has 24 heavy (non-hydrogen) atoms. The Balaban J connectivity index is 1.93. The first-order valence-electron chi connectivity index (χ1n) is 8.05. The van der Waals surface area contributed by atoms with Gasteiger partial charge < -0.3 is 25.4 Å². The SMILES string of the molecule is C[C@@H](O)[C@H]1C(=O)N2C(C(=O)O)=C(S[C@H]3CCNC3)[C@H](OCCO)[C@H]12. The maximum absolute atomic E-state index is 12.3. The Bertz CT molecular complexity index is 560. The van der Waals surface area contributed by atoms with E-state index in [0.29, 0.717) is 4.91 Å². The van der Waals surface area contributed by atoms with Crippen molar-refractivity contribution in [2.45, 2.75) is 36.8 Å². The summed E-state index contributed by atoms with van der Waals surface area (Å²) in [6, 6.07) is -0.521. The highest BCUT2D eigenvalue weighted by Crippen LogP contribution is 2.49. The minimum Gasteiger partial charge on any atom is -0.477 e. The van der Waals surface area contributed by atoms with E-state index in [1.54, 1.807) is 0 Å². The highest BCUT2D eigenvalue weighted by molar-refractivity contribution is 8.03. The van der Waals surface area contributed by atoms with E-state index in [4.69, 9.17) is 9.84 Å². The molecule has 3 aliphatic rings. The Hall–Kier alpha value is -1.13. The molecule has 0 aromatic rings. The molecule has 0 spiro atoms. The van der Waals surface area contributed by atoms with Crippen LogP contribution in [0.25, 0.3) is 0 Å². The summed E-state index contributed by atoms with van der Waals surface area (Å²) in [4.78, 5) is 25.9. The molecule has 134 valence electrons. The molecule has 4 N–H and O–H groups in total. The van der Waals surface area contributed by atoms with Crippen LogP contribution in [0, 0.1) is 5.92 Å². The molecule has 0 radical (unpaired) electrons. The first-order valence-corrected chi connectivity index (χ1v) is 8.93. The summed E-state index contributed by atoms with van der Waals surface area (Å²) in [6.45, 7) is 3.02. The standard InChI is InChI=1S/C15H22N2O6S/c1-7(19)9-10-12(23-5-4-18)13(24-8-2-3-16-6-8)11(15(21)22)17(10)14(9)20/h7-10,12,16,18-19H,2-6H2,1H3,(H,21,22)/t7-,8+,9-,10+,12-/m1/s1. The Morgan fingerprint density at radius 2 is 2.29 bits per heavy atom. The fraction of sp³-hybridized carbons (Fsp3) is 0.733. The molecule has 3 aliphatic heterocycles. The molecule has 8 nitrogen and oxygen atoms in total. The molecule has 0 aromatic heterocycles. The second-order valence-corrected chi connectivity index (χ2v) is 7.57. The molecule has 3 rings (SSSR count). The first kappa shape index (κ1) is 17.7. The quantitative estimate of drug-likeness (QED) is 0.427. The predicted molar refractivity (Wildman–Crippen MR) is 86.2 cm³/mol. The largest absolute Gasteiger partial charge is 0.477 e. The normalized spacial score (nSPS) is 33.6. The van der Waals surface area contributed by atoms with Gasteiger partial charge in [0.05, 0.1) is 31.3 Å². The molecule has 2 saturated heterocycles. The van der Waals surface area contributed by atoms with Gasteiger partial charge in [-0.3, -0.25) is 9.69 Å². The third-order valence-corrected chi connectivity index (χ3v) is 6.07. The number of hydrogen-bond acceptors (Lipinski definition) is 7. The van der Waals surface area contributed by atoms with Crippen LogP contribution in [-0.4, -0.2) is 81.9 Å². The second-order valence-electron chi connectivity index (χ2n) is 6.23. The molecule has 0 saturated carbocycles. The molecular formula is C15H22N2O6S. The van der Waals surface area contributed by atoms with Crippen molar-refractivity contribution >= 4 is 23.6 Å². The van der Waals surface area contributed by atoms with E-state index in [9.17, 15) is 19.8 Å². The number of aliphatic carboxylic acids is 1. The zero-order valence-corrected chi connectivity index (χ0v) is 14.2. The number of amides is 1. The van der Waals surface area contributed by atoms with E-state index in [1.807, 2.05) is 0 Å². The fourth-order valence-corrected chi connectivity index (χ4v) is 5.04. The van der Waals surface area contributed by atoms with Gasteiger partial charge in [0.2, 0.25) is 5.91 Å². The van der Waals surface area contributed by atoms with E-state index < -0.39 is 30.1 Å². The monoisotopic (exact) mass is 358 g/mol. The molecule has 2 fully saturated rings. The Morgan fingerprint density at radius 1 is 1.54 bits per heavy atom. The van der Waals surface area contributed by atoms with Gasteiger partial charge in [-0.05, 0) is 19.9 Å². The van der Waals surface area contributed by atoms with E-state index >= 15 is 0 Å². The molecule has 0 unspecified atom stereocenters. The lowest BCUT2D eigenvalue weighted by Crippen LogP contribution is -2.65. The number of aliphatic hydroxyl groups excluding tert-OH is 2. The molecule has 0 bridgehead atoms. The van der Waals surface area contributed by atoms with Crippen molar-refractivity contribution in [1.29, 1.82) is 0 Å². The van der Waals surface area contributed by atoms with E-state index in [-0.39, 0.29) is 30.1 Å². The van der Waals surface area contributed by atoms with Crippen LogP contribution in [0.1, 0.15) is 13.3 Å². The van der Waals surface area contributed by atoms with E-state index in [1.165, 1.54) is 23.6 Å². The smallest absolute Gasteiger partial charge is 0.353 e. The fourth-order valence-electron chi connectivity index (χ4n) is 3.61. The average molecular weight is 358 g/mol. The predicted octanol–water partition coefficient (Wildman–Crippen LogP) is -1.02. The summed E-state index contributed by atoms with van der Waals surface area (Å²) in [6.07, 6.45) is -0.593. The molecule has 1 amide bonds. The van der Waals surface area contributed by atoms with Crippen molar-refractivity contribution < 1.29 is 29.6 Å². The van der Waals surface area contributed by atoms with Crippen LogP contribution in [0.2, 0.25) is 0 Å². The van der Waals surface area contributed by atoms with Gasteiger partial charge in [0.15, 0.2) is 0 Å². The number of ether oxygens (including phenoxy) is 1. The van der Waals surface area contributed by atoms with Gasteiger partial charge in [0.1, 0.15) is 11.8 Å². The number of aliphatic hydroxyl groups is 2. The van der Waals surface area contributed by atoms with Crippen molar-refractivity contribution in [3.8, 4) is 0 Å². The number of carboxylic acids is 1. The van der Waals surface area contributed by atoms with Gasteiger partial charge in [-0.2, -0.15) is 0 Å². The van der Waals surface area contributed by atoms with Gasteiger partial charge in [-0.15, -0.1) is 11.8 Å². The number of carbonyl (C=O) groups is 2. The summed E-state index contributed by atoms with van der Waals surface area (Å²) in [5.74, 6) is -2.23. The highest BCUT2D eigenvalue weighted by Gasteiger charge is 2.62. The number of thioether (sulfide) groups is 1. The third kappa shape index (κ3) is 2.84. The summed E-state index contributed by atoms with van der Waals surface area (Å²) in [7, 11) is 0. The topological polar surface area (TPSA) is 119 Å². The van der Waals surface area contributed by atoms with Crippen molar-refractivity contribution in [3.05, 3.63) is 10.6 Å². The number of β-lactam (4-membered cyclic amide) rings is 1. The first-order chi connectivity index (χ1) is 11.5. The van der Waals surface area contributed by atoms with E-state index in [2.05, 4.69) is 5.32 Å². The summed E-state index contributed by atoms with van der Waals surface area (Å²) >= 11 is 1.43. The number of carbonyl (C=O) groups excluding carboxylic acids is 1. The van der Waals surface area contributed by atoms with Crippen molar-refractivity contribution in [2.24, 2.45) is 5.92 Å². The maximum Gasteiger partial charge on any atom is 0.353 e. The maximum atomic E-state index is 12.3. The van der Waals surface area contributed by atoms with Crippen LogP contribution in [0.5, 0.6) is 0 Å². The van der Waals surface area contributed by atoms with Crippen LogP contribution in [-0.2, 0) is 14.3 Å². The summed E-state index contributed by atoms with van der Waals surface area (Å²) in [5, 5.41) is 32.0. The Kier molecular flexibility index (Phi) is 5.16. The number of nitrogens with zero attached hydrogens (tertiary/aromatic N) is 1. The van der Waals surface area contributed by atoms with Crippen molar-refractivity contribution in [1.82, 2.24) is 10.2 Å². The van der Waals surface area contributed by atoms with Gasteiger partial charge >= 0.3 is 5.97 Å². The van der Waals surface area contributed by atoms with Crippen LogP contribution < -0.4 is 5.32 Å². The molecular weight excluding hydrogens is 336 g/mol. The van der Waals surface area contributed by atoms with Gasteiger partial charge in [0.25, 0.3) is 0 Å². The Labute approximate surface area is 143 Å². The minimum absolute atomic E-state index is 0.0401. The minimum atomic E-state index is -1.17. The Morgan fingerprint density at radius 3 is 2.83 bits per heavy atom. The van der Waals surface area contributed by atoms with Gasteiger partial charge in [-0.1, -0.05) is 0 Å². The lowest BCUT2D eigenvalue weighted by Gasteiger charge is -2.46. The van der Waals surface area contributed by atoms with Crippen LogP contribution >= 0.6 is 11.8 Å². The summed E-state index contributed by atoms with van der Waals surface area (Å²) < 4.78 is 5.70. The number of rotatable bonds is 7. The third-order valence-electron chi connectivity index (χ3n) is 4.65. The number of carboxylic acid groups (broad SMARTS) is 1. The summed E-state index contributed by atoms with van der Waals surface area (Å²) in [5.41, 5.74) is -0.0401. The van der Waals surface area contributed by atoms with E-state index in [0.717, 1.165) is 19.5 Å². The molecule has 0 aromatic carbocycles. The lowest BCUT2D eigenvalue weighted by molar-refractivity contribution is -0.168. The van der Waals surface area contributed by atoms with Crippen LogP contribution in [0.3, 0.4) is 0 Å². The molecule has 5 atom stereocenters. The van der Waals surface area contributed by atoms with Crippen LogP contribution in [0.15, 0.2) is 10.6 Å². The highest BCUT2D eigenvalue weighted by atomic mass is 32.2. The molecule has 0 aliphatic carbocycles. The number of hydrogen-bond donors (Lipinski definition) is 4. The zero-order chi connectivity index (χ0) is 17.4. The molecule has 3 heterocycles. The second kappa shape index (κ2) is 7.01. The van der Waals surface area contributed by atoms with Gasteiger partial charge in [-0.25, -0.2) is 4.79 Å². The van der Waals surface area contributed by atoms with Crippen molar-refractivity contribution in [3.63, 3.8) is 0 Å². The number of fused-ring (bicyclic) bond motifs is 1. The number of nitrogens with one attached hydrogen (secondary N) is 1. The zero-order valence-electron chi connectivity index (χ0n) is 13.3. The van der Waals surface area contributed by atoms with Gasteiger partial charge in [0, 0.05) is 16.7 Å². The molecule has 9 heteroatoms. The average Bonchev–Trinajstić information content (AvgIpc) is 3.10.